The molecule has 0 spiro atoms. The van der Waals surface area contributed by atoms with Gasteiger partial charge in [0.25, 0.3) is 11.6 Å². The zero-order chi connectivity index (χ0) is 15.7. The number of rotatable bonds is 3. The fourth-order valence-corrected chi connectivity index (χ4v) is 2.24. The number of para-hydroxylation sites is 1. The molecule has 2 heterocycles. The van der Waals surface area contributed by atoms with E-state index in [1.807, 2.05) is 6.07 Å². The number of amides is 1. The summed E-state index contributed by atoms with van der Waals surface area (Å²) in [7, 11) is 0. The zero-order valence-corrected chi connectivity index (χ0v) is 12.2. The zero-order valence-electron chi connectivity index (χ0n) is 12.2. The molecule has 22 heavy (non-hydrogen) atoms. The van der Waals surface area contributed by atoms with Crippen molar-refractivity contribution in [3.63, 3.8) is 0 Å². The first-order chi connectivity index (χ1) is 10.6. The van der Waals surface area contributed by atoms with E-state index in [2.05, 4.69) is 15.5 Å². The Morgan fingerprint density at radius 1 is 1.36 bits per heavy atom. The van der Waals surface area contributed by atoms with E-state index in [9.17, 15) is 9.90 Å². The quantitative estimate of drug-likeness (QED) is 0.776. The van der Waals surface area contributed by atoms with Crippen LogP contribution in [0.3, 0.4) is 0 Å². The molecule has 2 N–H and O–H groups in total. The molecule has 0 radical (unpaired) electrons. The molecule has 3 aromatic rings. The number of aryl methyl sites for hydroxylation is 1. The van der Waals surface area contributed by atoms with Gasteiger partial charge in [0.05, 0.1) is 22.7 Å². The highest BCUT2D eigenvalue weighted by atomic mass is 16.5. The summed E-state index contributed by atoms with van der Waals surface area (Å²) in [6.07, 6.45) is 0.769. The number of aliphatic hydroxyl groups excluding tert-OH is 1. The van der Waals surface area contributed by atoms with Gasteiger partial charge in [-0.05, 0) is 26.0 Å². The number of nitrogens with one attached hydrogen (secondary N) is 1. The minimum Gasteiger partial charge on any atom is -0.389 e. The summed E-state index contributed by atoms with van der Waals surface area (Å²) in [6.45, 7) is 3.44. The molecule has 0 fully saturated rings. The van der Waals surface area contributed by atoms with E-state index in [-0.39, 0.29) is 5.91 Å². The van der Waals surface area contributed by atoms with Gasteiger partial charge < -0.3 is 14.9 Å². The average molecular weight is 297 g/mol. The van der Waals surface area contributed by atoms with Crippen molar-refractivity contribution in [2.75, 3.05) is 5.32 Å². The lowest BCUT2D eigenvalue weighted by atomic mass is 10.1. The van der Waals surface area contributed by atoms with Gasteiger partial charge in [-0.25, -0.2) is 4.98 Å². The maximum atomic E-state index is 12.4. The van der Waals surface area contributed by atoms with Crippen LogP contribution >= 0.6 is 0 Å². The van der Waals surface area contributed by atoms with E-state index in [0.29, 0.717) is 33.6 Å². The van der Waals surface area contributed by atoms with Crippen molar-refractivity contribution in [1.29, 1.82) is 0 Å². The summed E-state index contributed by atoms with van der Waals surface area (Å²) in [5.41, 5.74) is 2.72. The van der Waals surface area contributed by atoms with Crippen molar-refractivity contribution in [3.05, 3.63) is 53.3 Å². The molecule has 0 saturated heterocycles. The van der Waals surface area contributed by atoms with Crippen LogP contribution in [0.15, 0.2) is 41.1 Å². The fraction of sp³-hybridized carbons (Fsp3) is 0.188. The number of carbonyl (C=O) groups excluding carboxylic acids is 1. The van der Waals surface area contributed by atoms with Crippen LogP contribution in [-0.2, 0) is 0 Å². The van der Waals surface area contributed by atoms with Gasteiger partial charge in [-0.3, -0.25) is 4.79 Å². The van der Waals surface area contributed by atoms with Gasteiger partial charge in [0.1, 0.15) is 0 Å². The topological polar surface area (TPSA) is 88.2 Å². The Bertz CT molecular complexity index is 840. The van der Waals surface area contributed by atoms with Gasteiger partial charge in [-0.2, -0.15) is 0 Å². The monoisotopic (exact) mass is 297 g/mol. The first-order valence-electron chi connectivity index (χ1n) is 6.86. The molecule has 6 heteroatoms. The van der Waals surface area contributed by atoms with Crippen molar-refractivity contribution in [1.82, 2.24) is 10.1 Å². The number of anilines is 1. The number of benzene rings is 1. The standard InChI is InChI=1S/C16H15N3O3/c1-9-13-7-11(8-17-16(13)22-19-9)15(21)18-14-6-4-3-5-12(14)10(2)20/h3-8,10,20H,1-2H3,(H,18,21). The molecule has 1 unspecified atom stereocenters. The minimum absolute atomic E-state index is 0.303. The van der Waals surface area contributed by atoms with E-state index in [0.717, 1.165) is 0 Å². The summed E-state index contributed by atoms with van der Waals surface area (Å²) in [6, 6.07) is 8.82. The van der Waals surface area contributed by atoms with E-state index in [1.54, 1.807) is 38.1 Å². The summed E-state index contributed by atoms with van der Waals surface area (Å²) < 4.78 is 5.03. The fourth-order valence-electron chi connectivity index (χ4n) is 2.24. The Kier molecular flexibility index (Phi) is 3.60. The third kappa shape index (κ3) is 2.56. The van der Waals surface area contributed by atoms with Gasteiger partial charge >= 0.3 is 0 Å². The Balaban J connectivity index is 1.92. The molecule has 1 aromatic carbocycles. The molecule has 3 rings (SSSR count). The van der Waals surface area contributed by atoms with E-state index in [4.69, 9.17) is 4.52 Å². The van der Waals surface area contributed by atoms with Crippen LogP contribution in [0.1, 0.15) is 34.6 Å². The second-order valence-corrected chi connectivity index (χ2v) is 5.06. The van der Waals surface area contributed by atoms with Gasteiger partial charge in [0, 0.05) is 17.4 Å². The van der Waals surface area contributed by atoms with Crippen LogP contribution in [0.2, 0.25) is 0 Å². The number of fused-ring (bicyclic) bond motifs is 1. The Hall–Kier alpha value is -2.73. The third-order valence-electron chi connectivity index (χ3n) is 3.43. The maximum Gasteiger partial charge on any atom is 0.257 e. The normalized spacial score (nSPS) is 12.3. The lowest BCUT2D eigenvalue weighted by Crippen LogP contribution is -2.14. The van der Waals surface area contributed by atoms with Crippen LogP contribution < -0.4 is 5.32 Å². The van der Waals surface area contributed by atoms with E-state index < -0.39 is 6.10 Å². The van der Waals surface area contributed by atoms with Crippen molar-refractivity contribution < 1.29 is 14.4 Å². The van der Waals surface area contributed by atoms with Crippen molar-refractivity contribution in [2.24, 2.45) is 0 Å². The number of nitrogens with zero attached hydrogens (tertiary/aromatic N) is 2. The average Bonchev–Trinajstić information content (AvgIpc) is 2.88. The predicted octanol–water partition coefficient (Wildman–Crippen LogP) is 2.84. The van der Waals surface area contributed by atoms with E-state index >= 15 is 0 Å². The highest BCUT2D eigenvalue weighted by Crippen LogP contribution is 2.23. The molecule has 6 nitrogen and oxygen atoms in total. The van der Waals surface area contributed by atoms with Crippen LogP contribution in [0.25, 0.3) is 11.1 Å². The summed E-state index contributed by atoms with van der Waals surface area (Å²) in [4.78, 5) is 16.5. The highest BCUT2D eigenvalue weighted by Gasteiger charge is 2.14. The lowest BCUT2D eigenvalue weighted by molar-refractivity contribution is 0.102. The lowest BCUT2D eigenvalue weighted by Gasteiger charge is -2.12. The Morgan fingerprint density at radius 2 is 2.14 bits per heavy atom. The van der Waals surface area contributed by atoms with Crippen LogP contribution in [-0.4, -0.2) is 21.2 Å². The van der Waals surface area contributed by atoms with Crippen LogP contribution in [0, 0.1) is 6.92 Å². The first kappa shape index (κ1) is 14.2. The Morgan fingerprint density at radius 3 is 2.91 bits per heavy atom. The molecule has 0 bridgehead atoms. The summed E-state index contributed by atoms with van der Waals surface area (Å²) >= 11 is 0. The predicted molar refractivity (Wildman–Crippen MR) is 81.6 cm³/mol. The smallest absolute Gasteiger partial charge is 0.257 e. The molecule has 0 aliphatic heterocycles. The number of hydrogen-bond acceptors (Lipinski definition) is 5. The number of hydrogen-bond donors (Lipinski definition) is 2. The molecule has 0 saturated carbocycles. The second-order valence-electron chi connectivity index (χ2n) is 5.06. The third-order valence-corrected chi connectivity index (χ3v) is 3.43. The second kappa shape index (κ2) is 5.57. The minimum atomic E-state index is -0.669. The van der Waals surface area contributed by atoms with Crippen LogP contribution in [0.5, 0.6) is 0 Å². The number of pyridine rings is 1. The number of carbonyl (C=O) groups is 1. The molecular weight excluding hydrogens is 282 g/mol. The highest BCUT2D eigenvalue weighted by molar-refractivity contribution is 6.06. The van der Waals surface area contributed by atoms with Gasteiger partial charge in [0.2, 0.25) is 0 Å². The molecule has 2 aromatic heterocycles. The molecule has 0 aliphatic rings. The maximum absolute atomic E-state index is 12.4. The molecular formula is C16H15N3O3. The molecule has 1 atom stereocenters. The largest absolute Gasteiger partial charge is 0.389 e. The van der Waals surface area contributed by atoms with Crippen molar-refractivity contribution in [2.45, 2.75) is 20.0 Å². The SMILES string of the molecule is Cc1noc2ncc(C(=O)Nc3ccccc3C(C)O)cc12. The van der Waals surface area contributed by atoms with Crippen molar-refractivity contribution in [3.8, 4) is 0 Å². The van der Waals surface area contributed by atoms with Gasteiger partial charge in [0.15, 0.2) is 0 Å². The number of aliphatic hydroxyl groups is 1. The van der Waals surface area contributed by atoms with Gasteiger partial charge in [-0.1, -0.05) is 23.4 Å². The van der Waals surface area contributed by atoms with Gasteiger partial charge in [-0.15, -0.1) is 0 Å². The van der Waals surface area contributed by atoms with E-state index in [1.165, 1.54) is 6.20 Å². The molecule has 0 aliphatic carbocycles. The summed E-state index contributed by atoms with van der Waals surface area (Å²) in [5.74, 6) is -0.303. The van der Waals surface area contributed by atoms with Crippen LogP contribution in [0.4, 0.5) is 5.69 Å². The number of aromatic nitrogens is 2. The van der Waals surface area contributed by atoms with Crippen molar-refractivity contribution >= 4 is 22.7 Å². The molecule has 112 valence electrons. The summed E-state index contributed by atoms with van der Waals surface area (Å²) in [5, 5.41) is 17.1. The first-order valence-corrected chi connectivity index (χ1v) is 6.86. The molecule has 1 amide bonds. The Labute approximate surface area is 126 Å².